The van der Waals surface area contributed by atoms with Gasteiger partial charge in [-0.2, -0.15) is 0 Å². The van der Waals surface area contributed by atoms with Crippen LogP contribution >= 0.6 is 11.3 Å². The summed E-state index contributed by atoms with van der Waals surface area (Å²) in [5, 5.41) is 0. The smallest absolute Gasteiger partial charge is 0.248 e. The molecule has 1 amide bonds. The molecule has 2 rings (SSSR count). The van der Waals surface area contributed by atoms with Crippen LogP contribution in [0.3, 0.4) is 0 Å². The van der Waals surface area contributed by atoms with Gasteiger partial charge in [0.15, 0.2) is 0 Å². The van der Waals surface area contributed by atoms with Crippen LogP contribution in [0, 0.1) is 6.92 Å². The van der Waals surface area contributed by atoms with Gasteiger partial charge in [-0.3, -0.25) is 4.79 Å². The van der Waals surface area contributed by atoms with E-state index in [4.69, 9.17) is 5.73 Å². The minimum atomic E-state index is -0.390. The Labute approximate surface area is 79.2 Å². The number of hydrogen-bond acceptors (Lipinski definition) is 3. The lowest BCUT2D eigenvalue weighted by Gasteiger charge is -1.98. The summed E-state index contributed by atoms with van der Waals surface area (Å²) < 4.78 is 1.01. The maximum atomic E-state index is 10.9. The van der Waals surface area contributed by atoms with Gasteiger partial charge in [0, 0.05) is 5.56 Å². The fraction of sp³-hybridized carbons (Fsp3) is 0.111. The molecule has 0 aliphatic carbocycles. The van der Waals surface area contributed by atoms with E-state index in [-0.39, 0.29) is 0 Å². The van der Waals surface area contributed by atoms with Crippen molar-refractivity contribution in [3.63, 3.8) is 0 Å². The lowest BCUT2D eigenvalue weighted by molar-refractivity contribution is 0.100. The molecule has 1 aromatic heterocycles. The summed E-state index contributed by atoms with van der Waals surface area (Å²) in [6.45, 7) is 1.93. The Morgan fingerprint density at radius 1 is 1.54 bits per heavy atom. The third kappa shape index (κ3) is 1.29. The summed E-state index contributed by atoms with van der Waals surface area (Å²) in [6, 6.07) is 3.55. The SMILES string of the molecule is Cc1cc(C(N)=O)cc2scnc12. The molecule has 3 nitrogen and oxygen atoms in total. The molecule has 0 atom stereocenters. The Morgan fingerprint density at radius 3 is 3.00 bits per heavy atom. The van der Waals surface area contributed by atoms with E-state index in [1.165, 1.54) is 11.3 Å². The van der Waals surface area contributed by atoms with Crippen LogP contribution in [0.4, 0.5) is 0 Å². The Morgan fingerprint density at radius 2 is 2.31 bits per heavy atom. The van der Waals surface area contributed by atoms with E-state index in [2.05, 4.69) is 4.98 Å². The average Bonchev–Trinajstić information content (AvgIpc) is 2.51. The number of hydrogen-bond donors (Lipinski definition) is 1. The number of carbonyl (C=O) groups excluding carboxylic acids is 1. The highest BCUT2D eigenvalue weighted by Crippen LogP contribution is 2.22. The number of carbonyl (C=O) groups is 1. The van der Waals surface area contributed by atoms with Crippen molar-refractivity contribution in [3.8, 4) is 0 Å². The van der Waals surface area contributed by atoms with Crippen molar-refractivity contribution in [1.82, 2.24) is 4.98 Å². The van der Waals surface area contributed by atoms with Gasteiger partial charge in [-0.25, -0.2) is 4.98 Å². The number of thiazole rings is 1. The van der Waals surface area contributed by atoms with E-state index in [1.807, 2.05) is 6.92 Å². The minimum absolute atomic E-state index is 0.390. The summed E-state index contributed by atoms with van der Waals surface area (Å²) >= 11 is 1.51. The van der Waals surface area contributed by atoms with E-state index < -0.39 is 5.91 Å². The van der Waals surface area contributed by atoms with E-state index >= 15 is 0 Å². The third-order valence-corrected chi connectivity index (χ3v) is 2.69. The number of nitrogens with two attached hydrogens (primary N) is 1. The van der Waals surface area contributed by atoms with Crippen LogP contribution in [0.2, 0.25) is 0 Å². The number of nitrogens with zero attached hydrogens (tertiary/aromatic N) is 1. The van der Waals surface area contributed by atoms with Gasteiger partial charge in [-0.1, -0.05) is 0 Å². The molecule has 0 fully saturated rings. The number of benzene rings is 1. The van der Waals surface area contributed by atoms with Gasteiger partial charge in [0.25, 0.3) is 0 Å². The van der Waals surface area contributed by atoms with Crippen molar-refractivity contribution in [2.45, 2.75) is 6.92 Å². The zero-order valence-corrected chi connectivity index (χ0v) is 7.89. The molecule has 66 valence electrons. The minimum Gasteiger partial charge on any atom is -0.366 e. The monoisotopic (exact) mass is 192 g/mol. The second-order valence-corrected chi connectivity index (χ2v) is 3.74. The number of rotatable bonds is 1. The lowest BCUT2D eigenvalue weighted by atomic mass is 10.1. The Balaban J connectivity index is 2.77. The largest absolute Gasteiger partial charge is 0.366 e. The van der Waals surface area contributed by atoms with E-state index in [1.54, 1.807) is 17.6 Å². The van der Waals surface area contributed by atoms with Gasteiger partial charge in [-0.05, 0) is 24.6 Å². The normalized spacial score (nSPS) is 10.5. The highest BCUT2D eigenvalue weighted by molar-refractivity contribution is 7.16. The Bertz CT molecular complexity index is 475. The van der Waals surface area contributed by atoms with Crippen LogP contribution in [-0.4, -0.2) is 10.9 Å². The fourth-order valence-electron chi connectivity index (χ4n) is 1.28. The molecule has 1 heterocycles. The number of primary amides is 1. The standard InChI is InChI=1S/C9H8N2OS/c1-5-2-6(9(10)12)3-7-8(5)11-4-13-7/h2-4H,1H3,(H2,10,12). The van der Waals surface area contributed by atoms with Crippen molar-refractivity contribution >= 4 is 27.5 Å². The second-order valence-electron chi connectivity index (χ2n) is 2.86. The summed E-state index contributed by atoms with van der Waals surface area (Å²) in [7, 11) is 0. The van der Waals surface area contributed by atoms with Crippen LogP contribution in [0.25, 0.3) is 10.2 Å². The maximum absolute atomic E-state index is 10.9. The van der Waals surface area contributed by atoms with E-state index in [0.29, 0.717) is 5.56 Å². The summed E-state index contributed by atoms with van der Waals surface area (Å²) in [5.41, 5.74) is 9.45. The Kier molecular flexibility index (Phi) is 1.77. The van der Waals surface area contributed by atoms with Crippen LogP contribution < -0.4 is 5.73 Å². The van der Waals surface area contributed by atoms with Gasteiger partial charge in [0.2, 0.25) is 5.91 Å². The number of amides is 1. The molecule has 2 N–H and O–H groups in total. The summed E-state index contributed by atoms with van der Waals surface area (Å²) in [4.78, 5) is 15.1. The first-order valence-electron chi connectivity index (χ1n) is 3.82. The molecule has 0 radical (unpaired) electrons. The summed E-state index contributed by atoms with van der Waals surface area (Å²) in [6.07, 6.45) is 0. The third-order valence-electron chi connectivity index (χ3n) is 1.91. The van der Waals surface area contributed by atoms with Crippen LogP contribution in [0.1, 0.15) is 15.9 Å². The zero-order chi connectivity index (χ0) is 9.42. The first kappa shape index (κ1) is 8.19. The highest BCUT2D eigenvalue weighted by atomic mass is 32.1. The molecule has 0 bridgehead atoms. The molecule has 0 unspecified atom stereocenters. The van der Waals surface area contributed by atoms with Crippen LogP contribution in [0.5, 0.6) is 0 Å². The number of aryl methyl sites for hydroxylation is 1. The Hall–Kier alpha value is -1.42. The second kappa shape index (κ2) is 2.81. The maximum Gasteiger partial charge on any atom is 0.248 e. The quantitative estimate of drug-likeness (QED) is 0.747. The van der Waals surface area contributed by atoms with Crippen molar-refractivity contribution < 1.29 is 4.79 Å². The van der Waals surface area contributed by atoms with Crippen molar-refractivity contribution in [2.75, 3.05) is 0 Å². The molecule has 0 spiro atoms. The predicted molar refractivity (Wildman–Crippen MR) is 52.9 cm³/mol. The van der Waals surface area contributed by atoms with Crippen molar-refractivity contribution in [2.24, 2.45) is 5.73 Å². The molecule has 0 aliphatic heterocycles. The lowest BCUT2D eigenvalue weighted by Crippen LogP contribution is -2.10. The zero-order valence-electron chi connectivity index (χ0n) is 7.07. The van der Waals surface area contributed by atoms with Crippen LogP contribution in [0.15, 0.2) is 17.6 Å². The van der Waals surface area contributed by atoms with E-state index in [9.17, 15) is 4.79 Å². The number of fused-ring (bicyclic) bond motifs is 1. The molecule has 0 saturated heterocycles. The molecule has 0 aliphatic rings. The van der Waals surface area contributed by atoms with Gasteiger partial charge >= 0.3 is 0 Å². The molecule has 4 heteroatoms. The average molecular weight is 192 g/mol. The fourth-order valence-corrected chi connectivity index (χ4v) is 2.07. The highest BCUT2D eigenvalue weighted by Gasteiger charge is 2.06. The molecule has 13 heavy (non-hydrogen) atoms. The van der Waals surface area contributed by atoms with E-state index in [0.717, 1.165) is 15.8 Å². The van der Waals surface area contributed by atoms with Gasteiger partial charge in [0.1, 0.15) is 0 Å². The predicted octanol–water partition coefficient (Wildman–Crippen LogP) is 1.70. The first-order chi connectivity index (χ1) is 6.18. The van der Waals surface area contributed by atoms with Crippen molar-refractivity contribution in [1.29, 1.82) is 0 Å². The van der Waals surface area contributed by atoms with Gasteiger partial charge < -0.3 is 5.73 Å². The van der Waals surface area contributed by atoms with Gasteiger partial charge in [-0.15, -0.1) is 11.3 Å². The molecular weight excluding hydrogens is 184 g/mol. The molecule has 2 aromatic rings. The molecular formula is C9H8N2OS. The topological polar surface area (TPSA) is 56.0 Å². The first-order valence-corrected chi connectivity index (χ1v) is 4.70. The number of aromatic nitrogens is 1. The summed E-state index contributed by atoms with van der Waals surface area (Å²) in [5.74, 6) is -0.390. The van der Waals surface area contributed by atoms with Crippen LogP contribution in [-0.2, 0) is 0 Å². The molecule has 1 aromatic carbocycles. The van der Waals surface area contributed by atoms with Gasteiger partial charge in [0.05, 0.1) is 15.7 Å². The van der Waals surface area contributed by atoms with Crippen molar-refractivity contribution in [3.05, 3.63) is 28.8 Å². The molecule has 0 saturated carbocycles.